The number of benzene rings is 1. The zero-order valence-electron chi connectivity index (χ0n) is 13.1. The third-order valence-corrected chi connectivity index (χ3v) is 4.52. The van der Waals surface area contributed by atoms with Crippen molar-refractivity contribution in [3.05, 3.63) is 35.9 Å². The number of amides is 1. The van der Waals surface area contributed by atoms with Gasteiger partial charge in [-0.3, -0.25) is 4.79 Å². The van der Waals surface area contributed by atoms with Crippen LogP contribution in [0.15, 0.2) is 30.3 Å². The molecule has 1 aromatic rings. The number of likely N-dealkylation sites (tertiary alicyclic amines) is 1. The van der Waals surface area contributed by atoms with Crippen LogP contribution in [-0.2, 0) is 4.79 Å². The second-order valence-electron chi connectivity index (χ2n) is 6.22. The second-order valence-corrected chi connectivity index (χ2v) is 6.22. The molecule has 0 spiro atoms. The molecule has 6 heteroatoms. The van der Waals surface area contributed by atoms with E-state index >= 15 is 0 Å². The number of rotatable bonds is 4. The number of aliphatic hydroxyl groups is 1. The summed E-state index contributed by atoms with van der Waals surface area (Å²) in [4.78, 5) is 13.9. The van der Waals surface area contributed by atoms with Gasteiger partial charge >= 0.3 is 6.18 Å². The molecule has 2 unspecified atom stereocenters. The molecule has 1 fully saturated rings. The number of carbonyl (C=O) groups excluding carboxylic acids is 1. The van der Waals surface area contributed by atoms with Gasteiger partial charge in [0, 0.05) is 19.5 Å². The monoisotopic (exact) mass is 329 g/mol. The molecule has 1 aromatic carbocycles. The lowest BCUT2D eigenvalue weighted by molar-refractivity contribution is -0.222. The fourth-order valence-electron chi connectivity index (χ4n) is 3.02. The summed E-state index contributed by atoms with van der Waals surface area (Å²) >= 11 is 0. The van der Waals surface area contributed by atoms with Crippen molar-refractivity contribution in [3.63, 3.8) is 0 Å². The minimum absolute atomic E-state index is 0.0405. The van der Waals surface area contributed by atoms with E-state index in [1.54, 1.807) is 4.90 Å². The highest BCUT2D eigenvalue weighted by Gasteiger charge is 2.44. The molecule has 1 heterocycles. The Morgan fingerprint density at radius 2 is 1.83 bits per heavy atom. The minimum atomic E-state index is -4.58. The maximum atomic E-state index is 12.5. The molecular weight excluding hydrogens is 307 g/mol. The molecule has 0 radical (unpaired) electrons. The van der Waals surface area contributed by atoms with Crippen LogP contribution in [0.4, 0.5) is 13.2 Å². The van der Waals surface area contributed by atoms with Gasteiger partial charge in [0.15, 0.2) is 6.10 Å². The van der Waals surface area contributed by atoms with E-state index in [1.807, 2.05) is 37.3 Å². The maximum Gasteiger partial charge on any atom is 0.414 e. The minimum Gasteiger partial charge on any atom is -0.383 e. The summed E-state index contributed by atoms with van der Waals surface area (Å²) in [6, 6.07) is 9.67. The molecule has 1 aliphatic rings. The average molecular weight is 329 g/mol. The number of nitrogens with zero attached hydrogens (tertiary/aromatic N) is 1. The summed E-state index contributed by atoms with van der Waals surface area (Å²) in [7, 11) is 0. The maximum absolute atomic E-state index is 12.5. The molecule has 1 amide bonds. The Kier molecular flexibility index (Phi) is 5.68. The molecule has 3 nitrogen and oxygen atoms in total. The Morgan fingerprint density at radius 1 is 1.26 bits per heavy atom. The zero-order chi connectivity index (χ0) is 17.0. The van der Waals surface area contributed by atoms with Gasteiger partial charge < -0.3 is 10.0 Å². The SMILES string of the molecule is CC(CC(=O)N1CCC(C(O)C(F)(F)F)CC1)c1ccccc1. The van der Waals surface area contributed by atoms with Crippen LogP contribution >= 0.6 is 0 Å². The molecule has 0 aromatic heterocycles. The summed E-state index contributed by atoms with van der Waals surface area (Å²) < 4.78 is 37.6. The number of carbonyl (C=O) groups is 1. The van der Waals surface area contributed by atoms with Crippen LogP contribution in [0.25, 0.3) is 0 Å². The smallest absolute Gasteiger partial charge is 0.383 e. The number of aliphatic hydroxyl groups excluding tert-OH is 1. The highest BCUT2D eigenvalue weighted by molar-refractivity contribution is 5.77. The van der Waals surface area contributed by atoms with E-state index in [4.69, 9.17) is 0 Å². The van der Waals surface area contributed by atoms with E-state index in [9.17, 15) is 23.1 Å². The third-order valence-electron chi connectivity index (χ3n) is 4.52. The number of hydrogen-bond donors (Lipinski definition) is 1. The molecule has 0 aliphatic carbocycles. The molecule has 128 valence electrons. The van der Waals surface area contributed by atoms with Crippen molar-refractivity contribution in [1.29, 1.82) is 0 Å². The zero-order valence-corrected chi connectivity index (χ0v) is 13.1. The predicted molar refractivity (Wildman–Crippen MR) is 80.8 cm³/mol. The van der Waals surface area contributed by atoms with Crippen LogP contribution in [0.3, 0.4) is 0 Å². The van der Waals surface area contributed by atoms with E-state index in [2.05, 4.69) is 0 Å². The Balaban J connectivity index is 1.84. The van der Waals surface area contributed by atoms with E-state index in [0.717, 1.165) is 5.56 Å². The fourth-order valence-corrected chi connectivity index (χ4v) is 3.02. The standard InChI is InChI=1S/C17H22F3NO2/c1-12(13-5-3-2-4-6-13)11-15(22)21-9-7-14(8-10-21)16(23)17(18,19)20/h2-6,12,14,16,23H,7-11H2,1H3. The predicted octanol–water partition coefficient (Wildman–Crippen LogP) is 3.34. The molecule has 1 saturated heterocycles. The van der Waals surface area contributed by atoms with Crippen LogP contribution in [0.5, 0.6) is 0 Å². The van der Waals surface area contributed by atoms with Crippen molar-refractivity contribution >= 4 is 5.91 Å². The molecular formula is C17H22F3NO2. The first-order valence-corrected chi connectivity index (χ1v) is 7.86. The van der Waals surface area contributed by atoms with E-state index in [-0.39, 0.29) is 37.8 Å². The van der Waals surface area contributed by atoms with E-state index < -0.39 is 18.2 Å². The van der Waals surface area contributed by atoms with Crippen molar-refractivity contribution in [2.75, 3.05) is 13.1 Å². The fraction of sp³-hybridized carbons (Fsp3) is 0.588. The van der Waals surface area contributed by atoms with Crippen molar-refractivity contribution in [1.82, 2.24) is 4.90 Å². The summed E-state index contributed by atoms with van der Waals surface area (Å²) in [5.41, 5.74) is 1.07. The first-order chi connectivity index (χ1) is 10.8. The lowest BCUT2D eigenvalue weighted by Gasteiger charge is -2.35. The quantitative estimate of drug-likeness (QED) is 0.920. The molecule has 1 N–H and O–H groups in total. The van der Waals surface area contributed by atoms with Gasteiger partial charge in [0.1, 0.15) is 0 Å². The largest absolute Gasteiger partial charge is 0.414 e. The molecule has 0 bridgehead atoms. The van der Waals surface area contributed by atoms with Gasteiger partial charge in [-0.15, -0.1) is 0 Å². The number of hydrogen-bond acceptors (Lipinski definition) is 2. The summed E-state index contributed by atoms with van der Waals surface area (Å²) in [6.45, 7) is 2.52. The molecule has 2 atom stereocenters. The Labute approximate surface area is 134 Å². The number of alkyl halides is 3. The number of halogens is 3. The summed E-state index contributed by atoms with van der Waals surface area (Å²) in [5, 5.41) is 9.30. The highest BCUT2D eigenvalue weighted by atomic mass is 19.4. The van der Waals surface area contributed by atoms with Crippen LogP contribution in [0, 0.1) is 5.92 Å². The Morgan fingerprint density at radius 3 is 2.35 bits per heavy atom. The summed E-state index contributed by atoms with van der Waals surface area (Å²) in [5.74, 6) is -0.783. The van der Waals surface area contributed by atoms with Crippen LogP contribution < -0.4 is 0 Å². The van der Waals surface area contributed by atoms with E-state index in [0.29, 0.717) is 6.42 Å². The lowest BCUT2D eigenvalue weighted by Crippen LogP contribution is -2.45. The van der Waals surface area contributed by atoms with Gasteiger partial charge in [-0.25, -0.2) is 0 Å². The van der Waals surface area contributed by atoms with Crippen molar-refractivity contribution in [2.45, 2.75) is 44.4 Å². The molecule has 0 saturated carbocycles. The van der Waals surface area contributed by atoms with Gasteiger partial charge in [0.25, 0.3) is 0 Å². The number of piperidine rings is 1. The second kappa shape index (κ2) is 7.34. The first kappa shape index (κ1) is 17.8. The van der Waals surface area contributed by atoms with Gasteiger partial charge in [-0.05, 0) is 30.2 Å². The van der Waals surface area contributed by atoms with Crippen molar-refractivity contribution in [2.24, 2.45) is 5.92 Å². The van der Waals surface area contributed by atoms with E-state index in [1.165, 1.54) is 0 Å². The van der Waals surface area contributed by atoms with Crippen LogP contribution in [0.1, 0.15) is 37.7 Å². The van der Waals surface area contributed by atoms with Crippen LogP contribution in [-0.4, -0.2) is 41.3 Å². The van der Waals surface area contributed by atoms with Gasteiger partial charge in [0.05, 0.1) is 0 Å². The average Bonchev–Trinajstić information content (AvgIpc) is 2.54. The van der Waals surface area contributed by atoms with Gasteiger partial charge in [-0.2, -0.15) is 13.2 Å². The van der Waals surface area contributed by atoms with Crippen molar-refractivity contribution in [3.8, 4) is 0 Å². The summed E-state index contributed by atoms with van der Waals surface area (Å²) in [6.07, 6.45) is -6.16. The normalized spacial score (nSPS) is 19.4. The molecule has 23 heavy (non-hydrogen) atoms. The Bertz CT molecular complexity index is 510. The van der Waals surface area contributed by atoms with Gasteiger partial charge in [-0.1, -0.05) is 37.3 Å². The molecule has 1 aliphatic heterocycles. The van der Waals surface area contributed by atoms with Gasteiger partial charge in [0.2, 0.25) is 5.91 Å². The topological polar surface area (TPSA) is 40.5 Å². The van der Waals surface area contributed by atoms with Crippen LogP contribution in [0.2, 0.25) is 0 Å². The molecule has 2 rings (SSSR count). The lowest BCUT2D eigenvalue weighted by atomic mass is 9.90. The third kappa shape index (κ3) is 4.70. The van der Waals surface area contributed by atoms with Crippen molar-refractivity contribution < 1.29 is 23.1 Å². The Hall–Kier alpha value is -1.56. The highest BCUT2D eigenvalue weighted by Crippen LogP contribution is 2.32. The first-order valence-electron chi connectivity index (χ1n) is 7.86.